The van der Waals surface area contributed by atoms with Gasteiger partial charge in [-0.1, -0.05) is 0 Å². The summed E-state index contributed by atoms with van der Waals surface area (Å²) in [6, 6.07) is 0. The van der Waals surface area contributed by atoms with Gasteiger partial charge in [0.25, 0.3) is 5.91 Å². The number of piperidine rings is 1. The highest BCUT2D eigenvalue weighted by atomic mass is 16.5. The molecule has 0 unspecified atom stereocenters. The fraction of sp³-hybridized carbons (Fsp3) is 0.909. The minimum absolute atomic E-state index is 0.0819. The molecule has 1 aliphatic heterocycles. The molecule has 0 aromatic heterocycles. The second-order valence-corrected chi connectivity index (χ2v) is 4.60. The molecule has 0 atom stereocenters. The lowest BCUT2D eigenvalue weighted by atomic mass is 9.91. The van der Waals surface area contributed by atoms with Crippen molar-refractivity contribution >= 4 is 5.91 Å². The minimum atomic E-state index is -0.569. The van der Waals surface area contributed by atoms with E-state index in [1.54, 1.807) is 7.11 Å². The number of methoxy groups -OCH3 is 1. The Labute approximate surface area is 90.8 Å². The Morgan fingerprint density at radius 2 is 2.13 bits per heavy atom. The van der Waals surface area contributed by atoms with Crippen molar-refractivity contribution in [3.63, 3.8) is 0 Å². The standard InChI is InChI=1S/C11H20N2O2/c1-15-11(4-6-12-7-5-11)10(14)13-8-9-2-3-9/h9,12H,2-8H2,1H3,(H,13,14). The maximum absolute atomic E-state index is 12.0. The molecular formula is C11H20N2O2. The molecule has 4 nitrogen and oxygen atoms in total. The second kappa shape index (κ2) is 4.49. The van der Waals surface area contributed by atoms with Crippen LogP contribution in [0.25, 0.3) is 0 Å². The van der Waals surface area contributed by atoms with Crippen LogP contribution in [0.2, 0.25) is 0 Å². The summed E-state index contributed by atoms with van der Waals surface area (Å²) in [4.78, 5) is 12.0. The van der Waals surface area contributed by atoms with E-state index < -0.39 is 5.60 Å². The summed E-state index contributed by atoms with van der Waals surface area (Å²) in [7, 11) is 1.64. The quantitative estimate of drug-likeness (QED) is 0.704. The smallest absolute Gasteiger partial charge is 0.252 e. The van der Waals surface area contributed by atoms with Crippen LogP contribution in [0.1, 0.15) is 25.7 Å². The van der Waals surface area contributed by atoms with Gasteiger partial charge in [0.05, 0.1) is 0 Å². The van der Waals surface area contributed by atoms with E-state index in [-0.39, 0.29) is 5.91 Å². The van der Waals surface area contributed by atoms with E-state index in [1.165, 1.54) is 12.8 Å². The van der Waals surface area contributed by atoms with Gasteiger partial charge in [0, 0.05) is 13.7 Å². The lowest BCUT2D eigenvalue weighted by Crippen LogP contribution is -2.54. The van der Waals surface area contributed by atoms with E-state index in [2.05, 4.69) is 10.6 Å². The maximum atomic E-state index is 12.0. The fourth-order valence-electron chi connectivity index (χ4n) is 2.07. The molecule has 2 N–H and O–H groups in total. The number of hydrogen-bond donors (Lipinski definition) is 2. The molecule has 1 amide bonds. The van der Waals surface area contributed by atoms with Crippen LogP contribution >= 0.6 is 0 Å². The Morgan fingerprint density at radius 1 is 1.47 bits per heavy atom. The molecule has 0 radical (unpaired) electrons. The summed E-state index contributed by atoms with van der Waals surface area (Å²) in [6.07, 6.45) is 4.09. The highest BCUT2D eigenvalue weighted by molar-refractivity contribution is 5.85. The number of rotatable bonds is 4. The summed E-state index contributed by atoms with van der Waals surface area (Å²) in [5.74, 6) is 0.808. The molecule has 0 aromatic carbocycles. The van der Waals surface area contributed by atoms with E-state index in [1.807, 2.05) is 0 Å². The summed E-state index contributed by atoms with van der Waals surface area (Å²) in [5, 5.41) is 6.26. The average Bonchev–Trinajstić information content (AvgIpc) is 3.10. The topological polar surface area (TPSA) is 50.4 Å². The Hall–Kier alpha value is -0.610. The summed E-state index contributed by atoms with van der Waals surface area (Å²) in [6.45, 7) is 2.56. The zero-order chi connectivity index (χ0) is 10.7. The third-order valence-electron chi connectivity index (χ3n) is 3.46. The first-order chi connectivity index (χ1) is 7.27. The summed E-state index contributed by atoms with van der Waals surface area (Å²) >= 11 is 0. The van der Waals surface area contributed by atoms with Gasteiger partial charge in [-0.2, -0.15) is 0 Å². The first-order valence-corrected chi connectivity index (χ1v) is 5.81. The first-order valence-electron chi connectivity index (χ1n) is 5.81. The van der Waals surface area contributed by atoms with Crippen LogP contribution in [-0.4, -0.2) is 38.3 Å². The van der Waals surface area contributed by atoms with Crippen molar-refractivity contribution in [3.05, 3.63) is 0 Å². The fourth-order valence-corrected chi connectivity index (χ4v) is 2.07. The van der Waals surface area contributed by atoms with Gasteiger partial charge in [0.1, 0.15) is 5.60 Å². The zero-order valence-electron chi connectivity index (χ0n) is 9.34. The van der Waals surface area contributed by atoms with Crippen LogP contribution in [0.3, 0.4) is 0 Å². The molecule has 2 rings (SSSR count). The van der Waals surface area contributed by atoms with Crippen LogP contribution < -0.4 is 10.6 Å². The molecule has 4 heteroatoms. The molecule has 1 saturated carbocycles. The first kappa shape index (κ1) is 10.9. The molecule has 1 aliphatic carbocycles. The molecular weight excluding hydrogens is 192 g/mol. The highest BCUT2D eigenvalue weighted by Gasteiger charge is 2.40. The monoisotopic (exact) mass is 212 g/mol. The Bertz CT molecular complexity index is 233. The van der Waals surface area contributed by atoms with Crippen molar-refractivity contribution in [2.45, 2.75) is 31.3 Å². The summed E-state index contributed by atoms with van der Waals surface area (Å²) < 4.78 is 5.44. The number of nitrogens with one attached hydrogen (secondary N) is 2. The van der Waals surface area contributed by atoms with Gasteiger partial charge in [-0.15, -0.1) is 0 Å². The molecule has 0 spiro atoms. The van der Waals surface area contributed by atoms with E-state index in [4.69, 9.17) is 4.74 Å². The predicted molar refractivity (Wildman–Crippen MR) is 57.6 cm³/mol. The van der Waals surface area contributed by atoms with Crippen molar-refractivity contribution < 1.29 is 9.53 Å². The lowest BCUT2D eigenvalue weighted by Gasteiger charge is -2.34. The molecule has 1 heterocycles. The Kier molecular flexibility index (Phi) is 3.26. The maximum Gasteiger partial charge on any atom is 0.252 e. The number of amides is 1. The summed E-state index contributed by atoms with van der Waals surface area (Å²) in [5.41, 5.74) is -0.569. The largest absolute Gasteiger partial charge is 0.368 e. The molecule has 86 valence electrons. The number of carbonyl (C=O) groups excluding carboxylic acids is 1. The Balaban J connectivity index is 1.87. The van der Waals surface area contributed by atoms with Crippen LogP contribution in [0, 0.1) is 5.92 Å². The lowest BCUT2D eigenvalue weighted by molar-refractivity contribution is -0.146. The van der Waals surface area contributed by atoms with Gasteiger partial charge >= 0.3 is 0 Å². The van der Waals surface area contributed by atoms with Crippen LogP contribution in [-0.2, 0) is 9.53 Å². The zero-order valence-corrected chi connectivity index (χ0v) is 9.34. The molecule has 1 saturated heterocycles. The third kappa shape index (κ3) is 2.49. The van der Waals surface area contributed by atoms with Crippen molar-refractivity contribution in [2.75, 3.05) is 26.7 Å². The number of hydrogen-bond acceptors (Lipinski definition) is 3. The van der Waals surface area contributed by atoms with Gasteiger partial charge in [-0.05, 0) is 44.7 Å². The number of carbonyl (C=O) groups is 1. The molecule has 2 aliphatic rings. The third-order valence-corrected chi connectivity index (χ3v) is 3.46. The van der Waals surface area contributed by atoms with E-state index in [0.717, 1.165) is 38.4 Å². The van der Waals surface area contributed by atoms with Gasteiger partial charge in [0.2, 0.25) is 0 Å². The van der Waals surface area contributed by atoms with E-state index in [9.17, 15) is 4.79 Å². The van der Waals surface area contributed by atoms with Crippen molar-refractivity contribution in [2.24, 2.45) is 5.92 Å². The van der Waals surface area contributed by atoms with Crippen LogP contribution in [0.5, 0.6) is 0 Å². The van der Waals surface area contributed by atoms with Crippen molar-refractivity contribution in [1.82, 2.24) is 10.6 Å². The highest BCUT2D eigenvalue weighted by Crippen LogP contribution is 2.28. The second-order valence-electron chi connectivity index (χ2n) is 4.60. The average molecular weight is 212 g/mol. The molecule has 15 heavy (non-hydrogen) atoms. The van der Waals surface area contributed by atoms with Gasteiger partial charge in [0.15, 0.2) is 0 Å². The van der Waals surface area contributed by atoms with Gasteiger partial charge in [-0.3, -0.25) is 4.79 Å². The van der Waals surface area contributed by atoms with Crippen LogP contribution in [0.15, 0.2) is 0 Å². The van der Waals surface area contributed by atoms with Crippen molar-refractivity contribution in [1.29, 1.82) is 0 Å². The predicted octanol–water partition coefficient (Wildman–Crippen LogP) is 0.281. The van der Waals surface area contributed by atoms with Gasteiger partial charge in [-0.25, -0.2) is 0 Å². The van der Waals surface area contributed by atoms with E-state index >= 15 is 0 Å². The minimum Gasteiger partial charge on any atom is -0.368 e. The molecule has 0 bridgehead atoms. The molecule has 2 fully saturated rings. The molecule has 0 aromatic rings. The normalized spacial score (nSPS) is 24.9. The van der Waals surface area contributed by atoms with Crippen LogP contribution in [0.4, 0.5) is 0 Å². The van der Waals surface area contributed by atoms with E-state index in [0.29, 0.717) is 0 Å². The number of ether oxygens (including phenoxy) is 1. The van der Waals surface area contributed by atoms with Crippen molar-refractivity contribution in [3.8, 4) is 0 Å². The SMILES string of the molecule is COC1(C(=O)NCC2CC2)CCNCC1. The van der Waals surface area contributed by atoms with Gasteiger partial charge < -0.3 is 15.4 Å². The Morgan fingerprint density at radius 3 is 2.67 bits per heavy atom.